The number of alkyl halides is 1. The van der Waals surface area contributed by atoms with Crippen molar-refractivity contribution in [2.45, 2.75) is 45.3 Å². The second kappa shape index (κ2) is 10.2. The topological polar surface area (TPSA) is 44.8 Å². The molecule has 0 aliphatic rings. The van der Waals surface area contributed by atoms with Crippen LogP contribution in [0.2, 0.25) is 0 Å². The van der Waals surface area contributed by atoms with E-state index in [-0.39, 0.29) is 12.5 Å². The average Bonchev–Trinajstić information content (AvgIpc) is 2.46. The lowest BCUT2D eigenvalue weighted by molar-refractivity contribution is -0.102. The van der Waals surface area contributed by atoms with Crippen molar-refractivity contribution in [2.24, 2.45) is 0 Å². The Morgan fingerprint density at radius 3 is 2.57 bits per heavy atom. The predicted octanol–water partition coefficient (Wildman–Crippen LogP) is 4.21. The number of ether oxygens (including phenoxy) is 1. The Morgan fingerprint density at radius 1 is 1.24 bits per heavy atom. The van der Waals surface area contributed by atoms with Crippen LogP contribution in [-0.2, 0) is 19.7 Å². The molecule has 120 valence electrons. The molecule has 4 nitrogen and oxygen atoms in total. The highest BCUT2D eigenvalue weighted by atomic mass is 35.5. The maximum atomic E-state index is 11.8. The van der Waals surface area contributed by atoms with Crippen LogP contribution in [0, 0.1) is 0 Å². The zero-order valence-electron chi connectivity index (χ0n) is 12.5. The molecule has 6 heteroatoms. The van der Waals surface area contributed by atoms with Gasteiger partial charge < -0.3 is 4.74 Å². The first-order valence-corrected chi connectivity index (χ1v) is 8.67. The van der Waals surface area contributed by atoms with Crippen molar-refractivity contribution >= 4 is 23.0 Å². The fourth-order valence-electron chi connectivity index (χ4n) is 1.81. The van der Waals surface area contributed by atoms with Crippen LogP contribution in [-0.4, -0.2) is 22.5 Å². The third kappa shape index (κ3) is 7.81. The quantitative estimate of drug-likeness (QED) is 0.345. The average molecular weight is 335 g/mol. The molecular weight excluding hydrogens is 312 g/mol. The molecule has 0 aliphatic heterocycles. The fraction of sp³-hybridized carbons (Fsp3) is 0.600. The van der Waals surface area contributed by atoms with Gasteiger partial charge in [0.05, 0.1) is 6.61 Å². The van der Waals surface area contributed by atoms with Gasteiger partial charge in [-0.3, -0.25) is 4.18 Å². The Labute approximate surface area is 134 Å². The van der Waals surface area contributed by atoms with Crippen LogP contribution < -0.4 is 4.74 Å². The van der Waals surface area contributed by atoms with E-state index in [4.69, 9.17) is 24.7 Å². The van der Waals surface area contributed by atoms with E-state index in [0.29, 0.717) is 12.2 Å². The maximum Gasteiger partial charge on any atom is 0.308 e. The van der Waals surface area contributed by atoms with Crippen molar-refractivity contribution in [3.63, 3.8) is 0 Å². The summed E-state index contributed by atoms with van der Waals surface area (Å²) in [5.41, 5.74) is 0. The summed E-state index contributed by atoms with van der Waals surface area (Å²) in [4.78, 5) is 0. The molecule has 0 saturated carbocycles. The Bertz CT molecular complexity index is 415. The second-order valence-corrected chi connectivity index (χ2v) is 5.99. The predicted molar refractivity (Wildman–Crippen MR) is 85.5 cm³/mol. The molecule has 0 N–H and O–H groups in total. The normalized spacial score (nSPS) is 15.4. The molecule has 1 aromatic rings. The van der Waals surface area contributed by atoms with Gasteiger partial charge in [-0.25, -0.2) is 4.18 Å². The van der Waals surface area contributed by atoms with Crippen LogP contribution in [0.4, 0.5) is 0 Å². The summed E-state index contributed by atoms with van der Waals surface area (Å²) in [6.45, 7) is 4.07. The lowest BCUT2D eigenvalue weighted by Crippen LogP contribution is -2.37. The summed E-state index contributed by atoms with van der Waals surface area (Å²) in [5.74, 6) is -0.0552. The minimum Gasteiger partial charge on any atom is -0.461 e. The molecule has 0 spiro atoms. The Hall–Kier alpha value is -0.620. The standard InChI is InChI=1S/C15H23ClO4S/c1-3-4-8-11-15(2,20-21(17)18-13-12-16)19-14-9-6-5-7-10-14/h5-7,9-10H,3-4,8,11-13H2,1-2H3. The number of para-hydroxylation sites is 1. The van der Waals surface area contributed by atoms with Gasteiger partial charge in [-0.05, 0) is 18.6 Å². The lowest BCUT2D eigenvalue weighted by atomic mass is 10.1. The van der Waals surface area contributed by atoms with Crippen LogP contribution in [0.25, 0.3) is 0 Å². The third-order valence-electron chi connectivity index (χ3n) is 2.81. The smallest absolute Gasteiger partial charge is 0.308 e. The van der Waals surface area contributed by atoms with Crippen LogP contribution in [0.5, 0.6) is 5.75 Å². The molecule has 0 bridgehead atoms. The van der Waals surface area contributed by atoms with Crippen molar-refractivity contribution in [3.05, 3.63) is 30.3 Å². The van der Waals surface area contributed by atoms with Gasteiger partial charge in [-0.15, -0.1) is 11.6 Å². The largest absolute Gasteiger partial charge is 0.461 e. The van der Waals surface area contributed by atoms with E-state index < -0.39 is 17.1 Å². The molecule has 1 rings (SSSR count). The number of hydrogen-bond donors (Lipinski definition) is 0. The molecule has 0 heterocycles. The van der Waals surface area contributed by atoms with Crippen LogP contribution in [0.3, 0.4) is 0 Å². The highest BCUT2D eigenvalue weighted by Gasteiger charge is 2.30. The van der Waals surface area contributed by atoms with Gasteiger partial charge in [0.2, 0.25) is 5.79 Å². The lowest BCUT2D eigenvalue weighted by Gasteiger charge is -2.29. The minimum atomic E-state index is -1.88. The van der Waals surface area contributed by atoms with E-state index in [2.05, 4.69) is 6.92 Å². The summed E-state index contributed by atoms with van der Waals surface area (Å²) in [6, 6.07) is 9.34. The summed E-state index contributed by atoms with van der Waals surface area (Å²) in [5, 5.41) is 0. The molecule has 0 aliphatic carbocycles. The molecule has 0 saturated heterocycles. The highest BCUT2D eigenvalue weighted by molar-refractivity contribution is 7.75. The van der Waals surface area contributed by atoms with Crippen LogP contribution in [0.1, 0.15) is 39.5 Å². The number of halogens is 1. The molecule has 2 unspecified atom stereocenters. The van der Waals surface area contributed by atoms with Gasteiger partial charge >= 0.3 is 11.4 Å². The number of rotatable bonds is 11. The van der Waals surface area contributed by atoms with E-state index in [9.17, 15) is 4.21 Å². The maximum absolute atomic E-state index is 11.8. The van der Waals surface area contributed by atoms with Gasteiger partial charge in [0, 0.05) is 19.2 Å². The Kier molecular flexibility index (Phi) is 8.92. The minimum absolute atomic E-state index is 0.171. The molecule has 0 fully saturated rings. The van der Waals surface area contributed by atoms with Gasteiger partial charge in [-0.2, -0.15) is 4.21 Å². The van der Waals surface area contributed by atoms with Gasteiger partial charge in [0.25, 0.3) is 0 Å². The first-order valence-electron chi connectivity index (χ1n) is 7.14. The molecule has 0 radical (unpaired) electrons. The zero-order valence-corrected chi connectivity index (χ0v) is 14.1. The van der Waals surface area contributed by atoms with Crippen molar-refractivity contribution in [3.8, 4) is 5.75 Å². The van der Waals surface area contributed by atoms with Crippen LogP contribution >= 0.6 is 11.6 Å². The molecule has 1 aromatic carbocycles. The van der Waals surface area contributed by atoms with E-state index >= 15 is 0 Å². The summed E-state index contributed by atoms with van der Waals surface area (Å²) < 4.78 is 28.1. The van der Waals surface area contributed by atoms with Crippen molar-refractivity contribution in [1.82, 2.24) is 0 Å². The van der Waals surface area contributed by atoms with E-state index in [0.717, 1.165) is 19.3 Å². The van der Waals surface area contributed by atoms with Crippen molar-refractivity contribution in [1.29, 1.82) is 0 Å². The fourth-order valence-corrected chi connectivity index (χ4v) is 2.65. The van der Waals surface area contributed by atoms with Crippen LogP contribution in [0.15, 0.2) is 30.3 Å². The number of benzene rings is 1. The summed E-state index contributed by atoms with van der Waals surface area (Å²) >= 11 is 3.62. The highest BCUT2D eigenvalue weighted by Crippen LogP contribution is 2.26. The molecular formula is C15H23ClO4S. The first kappa shape index (κ1) is 18.4. The molecule has 21 heavy (non-hydrogen) atoms. The first-order chi connectivity index (χ1) is 10.1. The van der Waals surface area contributed by atoms with Crippen molar-refractivity contribution < 1.29 is 17.3 Å². The third-order valence-corrected chi connectivity index (χ3v) is 3.81. The van der Waals surface area contributed by atoms with E-state index in [1.807, 2.05) is 30.3 Å². The Balaban J connectivity index is 2.66. The van der Waals surface area contributed by atoms with Gasteiger partial charge in [0.1, 0.15) is 5.75 Å². The molecule has 0 aromatic heterocycles. The zero-order chi connectivity index (χ0) is 15.6. The second-order valence-electron chi connectivity index (χ2n) is 4.80. The number of hydrogen-bond acceptors (Lipinski definition) is 4. The van der Waals surface area contributed by atoms with E-state index in [1.165, 1.54) is 0 Å². The van der Waals surface area contributed by atoms with Gasteiger partial charge in [-0.1, -0.05) is 38.0 Å². The molecule has 2 atom stereocenters. The summed E-state index contributed by atoms with van der Waals surface area (Å²) in [6.07, 6.45) is 3.71. The number of unbranched alkanes of at least 4 members (excludes halogenated alkanes) is 2. The monoisotopic (exact) mass is 334 g/mol. The SMILES string of the molecule is CCCCCC(C)(Oc1ccccc1)OS(=O)OCCCl. The summed E-state index contributed by atoms with van der Waals surface area (Å²) in [7, 11) is 0. The Morgan fingerprint density at radius 2 is 1.95 bits per heavy atom. The molecule has 0 amide bonds. The van der Waals surface area contributed by atoms with Crippen molar-refractivity contribution in [2.75, 3.05) is 12.5 Å². The van der Waals surface area contributed by atoms with Gasteiger partial charge in [0.15, 0.2) is 0 Å². The van der Waals surface area contributed by atoms with E-state index in [1.54, 1.807) is 6.92 Å².